The number of benzene rings is 2. The molecule has 1 saturated carbocycles. The summed E-state index contributed by atoms with van der Waals surface area (Å²) in [7, 11) is 0. The van der Waals surface area contributed by atoms with Crippen molar-refractivity contribution in [2.75, 3.05) is 11.1 Å². The highest BCUT2D eigenvalue weighted by atomic mass is 35.5. The fraction of sp³-hybridized carbons (Fsp3) is 0.364. The molecule has 5 nitrogen and oxygen atoms in total. The molecule has 0 aliphatic heterocycles. The van der Waals surface area contributed by atoms with Crippen molar-refractivity contribution in [3.8, 4) is 0 Å². The van der Waals surface area contributed by atoms with Crippen molar-refractivity contribution in [2.24, 2.45) is 5.92 Å². The average molecular weight is 505 g/mol. The molecule has 172 valence electrons. The topological polar surface area (TPSA) is 84.2 Å². The largest absolute Gasteiger partial charge is 0.399 e. The summed E-state index contributed by atoms with van der Waals surface area (Å²) in [6.07, 6.45) is -0.519. The van der Waals surface area contributed by atoms with Gasteiger partial charge in [-0.3, -0.25) is 9.59 Å². The van der Waals surface area contributed by atoms with Gasteiger partial charge in [-0.25, -0.2) is 8.78 Å². The lowest BCUT2D eigenvalue weighted by Crippen LogP contribution is -2.36. The normalized spacial score (nSPS) is 20.3. The van der Waals surface area contributed by atoms with Crippen molar-refractivity contribution in [1.29, 1.82) is 0 Å². The van der Waals surface area contributed by atoms with Gasteiger partial charge in [0.15, 0.2) is 0 Å². The van der Waals surface area contributed by atoms with E-state index in [9.17, 15) is 18.4 Å². The second-order valence-corrected chi connectivity index (χ2v) is 9.98. The fourth-order valence-electron chi connectivity index (χ4n) is 3.66. The molecule has 2 aromatic carbocycles. The lowest BCUT2D eigenvalue weighted by molar-refractivity contribution is -0.117. The summed E-state index contributed by atoms with van der Waals surface area (Å²) >= 11 is 18.8. The van der Waals surface area contributed by atoms with E-state index in [2.05, 4.69) is 10.6 Å². The van der Waals surface area contributed by atoms with Crippen molar-refractivity contribution in [3.05, 3.63) is 58.6 Å². The van der Waals surface area contributed by atoms with Gasteiger partial charge in [-0.05, 0) is 49.7 Å². The number of carbonyl (C=O) groups is 2. The van der Waals surface area contributed by atoms with Crippen molar-refractivity contribution in [2.45, 2.75) is 42.5 Å². The van der Waals surface area contributed by atoms with Crippen LogP contribution < -0.4 is 16.4 Å². The van der Waals surface area contributed by atoms with Crippen LogP contribution in [0.3, 0.4) is 0 Å². The van der Waals surface area contributed by atoms with Crippen molar-refractivity contribution < 1.29 is 18.4 Å². The van der Waals surface area contributed by atoms with E-state index in [1.807, 2.05) is 0 Å². The maximum Gasteiger partial charge on any atom is 0.253 e. The zero-order valence-corrected chi connectivity index (χ0v) is 19.5. The molecule has 2 amide bonds. The van der Waals surface area contributed by atoms with Gasteiger partial charge in [0, 0.05) is 29.8 Å². The summed E-state index contributed by atoms with van der Waals surface area (Å²) in [5.74, 6) is -5.11. The molecular formula is C22H22Cl3F2N3O2. The Balaban J connectivity index is 1.71. The third-order valence-corrected chi connectivity index (χ3v) is 6.42. The Kier molecular flexibility index (Phi) is 6.94. The Morgan fingerprint density at radius 2 is 1.81 bits per heavy atom. The number of nitrogens with two attached hydrogens (primary N) is 1. The average Bonchev–Trinajstić information content (AvgIpc) is 3.24. The van der Waals surface area contributed by atoms with Gasteiger partial charge >= 0.3 is 0 Å². The molecule has 1 fully saturated rings. The monoisotopic (exact) mass is 503 g/mol. The smallest absolute Gasteiger partial charge is 0.253 e. The number of rotatable bonds is 7. The Morgan fingerprint density at radius 1 is 1.19 bits per heavy atom. The number of nitrogens with one attached hydrogen (secondary N) is 2. The first-order valence-electron chi connectivity index (χ1n) is 9.82. The molecule has 0 spiro atoms. The zero-order chi connectivity index (χ0) is 23.8. The molecule has 3 atom stereocenters. The molecule has 1 aliphatic rings. The van der Waals surface area contributed by atoms with Gasteiger partial charge in [0.05, 0.1) is 16.5 Å². The molecule has 0 saturated heterocycles. The lowest BCUT2D eigenvalue weighted by Gasteiger charge is -2.18. The molecule has 32 heavy (non-hydrogen) atoms. The maximum absolute atomic E-state index is 13.2. The quantitative estimate of drug-likeness (QED) is 0.338. The maximum atomic E-state index is 13.2. The van der Waals surface area contributed by atoms with Crippen LogP contribution >= 0.6 is 34.8 Å². The van der Waals surface area contributed by atoms with Gasteiger partial charge in [0.25, 0.3) is 5.91 Å². The number of nitrogen functional groups attached to an aromatic ring is 1. The van der Waals surface area contributed by atoms with Crippen LogP contribution in [-0.4, -0.2) is 28.1 Å². The highest BCUT2D eigenvalue weighted by Crippen LogP contribution is 2.65. The molecule has 0 heterocycles. The van der Waals surface area contributed by atoms with E-state index in [1.165, 1.54) is 25.1 Å². The number of hydrogen-bond acceptors (Lipinski definition) is 3. The summed E-state index contributed by atoms with van der Waals surface area (Å²) in [5, 5.41) is 5.30. The van der Waals surface area contributed by atoms with E-state index in [1.54, 1.807) is 24.3 Å². The Bertz CT molecular complexity index is 1030. The molecule has 2 aromatic rings. The summed E-state index contributed by atoms with van der Waals surface area (Å²) in [6.45, 7) is 2.25. The SMILES string of the molecule is CC(CC(C)(F)F)NC(=O)c1cc(NC(=O)C2C(c3ccc(N)cc3)C2(Cl)Cl)ccc1Cl. The van der Waals surface area contributed by atoms with Crippen LogP contribution in [-0.2, 0) is 4.79 Å². The van der Waals surface area contributed by atoms with Gasteiger partial charge in [-0.1, -0.05) is 23.7 Å². The third-order valence-electron chi connectivity index (χ3n) is 5.15. The standard InChI is InChI=1S/C22H22Cl3F2N3O2/c1-11(10-21(2,26)27)29-19(31)15-9-14(7-8-16(15)23)30-20(32)18-17(22(18,24)25)12-3-5-13(28)6-4-12/h3-9,11,17-18H,10,28H2,1-2H3,(H,29,31)(H,30,32). The summed E-state index contributed by atoms with van der Waals surface area (Å²) in [5.41, 5.74) is 7.40. The first-order valence-corrected chi connectivity index (χ1v) is 11.0. The molecule has 3 rings (SSSR count). The van der Waals surface area contributed by atoms with E-state index in [4.69, 9.17) is 40.5 Å². The van der Waals surface area contributed by atoms with Gasteiger partial charge in [-0.2, -0.15) is 0 Å². The van der Waals surface area contributed by atoms with E-state index < -0.39 is 46.4 Å². The van der Waals surface area contributed by atoms with Gasteiger partial charge in [0.1, 0.15) is 4.33 Å². The minimum absolute atomic E-state index is 0.0460. The highest BCUT2D eigenvalue weighted by Gasteiger charge is 2.67. The van der Waals surface area contributed by atoms with Crippen molar-refractivity contribution in [3.63, 3.8) is 0 Å². The van der Waals surface area contributed by atoms with E-state index >= 15 is 0 Å². The number of amides is 2. The Hall–Kier alpha value is -2.09. The second kappa shape index (κ2) is 9.04. The number of carbonyl (C=O) groups excluding carboxylic acids is 2. The summed E-state index contributed by atoms with van der Waals surface area (Å²) in [4.78, 5) is 25.3. The molecule has 0 bridgehead atoms. The Labute approximate surface area is 199 Å². The second-order valence-electron chi connectivity index (χ2n) is 8.13. The molecule has 0 radical (unpaired) electrons. The summed E-state index contributed by atoms with van der Waals surface area (Å²) in [6, 6.07) is 10.5. The van der Waals surface area contributed by atoms with Crippen LogP contribution in [0, 0.1) is 5.92 Å². The first kappa shape index (κ1) is 24.6. The van der Waals surface area contributed by atoms with Gasteiger partial charge in [0.2, 0.25) is 11.8 Å². The number of anilines is 2. The number of hydrogen-bond donors (Lipinski definition) is 3. The molecule has 3 unspecified atom stereocenters. The van der Waals surface area contributed by atoms with Crippen LogP contribution in [0.25, 0.3) is 0 Å². The minimum Gasteiger partial charge on any atom is -0.399 e. The molecular weight excluding hydrogens is 483 g/mol. The fourth-order valence-corrected chi connectivity index (χ4v) is 4.69. The van der Waals surface area contributed by atoms with E-state index in [-0.39, 0.29) is 10.6 Å². The Morgan fingerprint density at radius 3 is 2.41 bits per heavy atom. The lowest BCUT2D eigenvalue weighted by atomic mass is 10.1. The molecule has 4 N–H and O–H groups in total. The van der Waals surface area contributed by atoms with Crippen LogP contribution in [0.1, 0.15) is 42.1 Å². The molecule has 10 heteroatoms. The molecule has 1 aliphatic carbocycles. The zero-order valence-electron chi connectivity index (χ0n) is 17.3. The number of alkyl halides is 4. The first-order chi connectivity index (χ1) is 14.8. The van der Waals surface area contributed by atoms with E-state index in [0.29, 0.717) is 11.4 Å². The van der Waals surface area contributed by atoms with Gasteiger partial charge < -0.3 is 16.4 Å². The van der Waals surface area contributed by atoms with Crippen LogP contribution in [0.5, 0.6) is 0 Å². The van der Waals surface area contributed by atoms with Crippen LogP contribution in [0.2, 0.25) is 5.02 Å². The predicted molar refractivity (Wildman–Crippen MR) is 124 cm³/mol. The number of halogens is 5. The van der Waals surface area contributed by atoms with E-state index in [0.717, 1.165) is 12.5 Å². The van der Waals surface area contributed by atoms with Crippen molar-refractivity contribution >= 4 is 58.0 Å². The third kappa shape index (κ3) is 5.63. The van der Waals surface area contributed by atoms with Crippen molar-refractivity contribution in [1.82, 2.24) is 5.32 Å². The minimum atomic E-state index is -2.92. The summed E-state index contributed by atoms with van der Waals surface area (Å²) < 4.78 is 25.1. The van der Waals surface area contributed by atoms with Crippen LogP contribution in [0.15, 0.2) is 42.5 Å². The van der Waals surface area contributed by atoms with Crippen LogP contribution in [0.4, 0.5) is 20.2 Å². The highest BCUT2D eigenvalue weighted by molar-refractivity contribution is 6.53. The predicted octanol–water partition coefficient (Wildman–Crippen LogP) is 5.61. The molecule has 0 aromatic heterocycles. The van der Waals surface area contributed by atoms with Gasteiger partial charge in [-0.15, -0.1) is 23.2 Å².